The van der Waals surface area contributed by atoms with Crippen molar-refractivity contribution in [2.24, 2.45) is 0 Å². The molecule has 1 saturated carbocycles. The van der Waals surface area contributed by atoms with E-state index in [-0.39, 0.29) is 0 Å². The molecule has 1 fully saturated rings. The third-order valence-electron chi connectivity index (χ3n) is 4.07. The van der Waals surface area contributed by atoms with Crippen molar-refractivity contribution in [2.45, 2.75) is 44.6 Å². The molecule has 2 heterocycles. The van der Waals surface area contributed by atoms with Gasteiger partial charge in [0.15, 0.2) is 5.11 Å². The fourth-order valence-electron chi connectivity index (χ4n) is 2.92. The number of thiophene rings is 1. The molecule has 1 aliphatic carbocycles. The van der Waals surface area contributed by atoms with Crippen molar-refractivity contribution >= 4 is 28.7 Å². The summed E-state index contributed by atoms with van der Waals surface area (Å²) in [7, 11) is 0. The van der Waals surface area contributed by atoms with Crippen molar-refractivity contribution in [3.63, 3.8) is 0 Å². The standard InChI is InChI=1S/C16H22N4S2/c21-16(20-12-5-2-1-3-6-12)17-9-8-13-15(19-11-18-13)14-7-4-10-22-14/h4,7,10-12H,1-3,5-6,8-9H2,(H,18,19)(H2,17,20,21). The van der Waals surface area contributed by atoms with E-state index >= 15 is 0 Å². The van der Waals surface area contributed by atoms with Gasteiger partial charge in [-0.25, -0.2) is 4.98 Å². The second-order valence-electron chi connectivity index (χ2n) is 5.69. The molecule has 0 spiro atoms. The predicted molar refractivity (Wildman–Crippen MR) is 96.2 cm³/mol. The molecular weight excluding hydrogens is 312 g/mol. The molecule has 0 unspecified atom stereocenters. The van der Waals surface area contributed by atoms with Gasteiger partial charge in [-0.15, -0.1) is 11.3 Å². The molecule has 0 aliphatic heterocycles. The van der Waals surface area contributed by atoms with Crippen LogP contribution in [0.3, 0.4) is 0 Å². The molecule has 4 nitrogen and oxygen atoms in total. The number of hydrogen-bond acceptors (Lipinski definition) is 3. The van der Waals surface area contributed by atoms with Crippen molar-refractivity contribution in [1.82, 2.24) is 20.6 Å². The van der Waals surface area contributed by atoms with E-state index < -0.39 is 0 Å². The molecule has 3 rings (SSSR count). The molecule has 118 valence electrons. The van der Waals surface area contributed by atoms with Gasteiger partial charge in [-0.2, -0.15) is 0 Å². The minimum absolute atomic E-state index is 0.558. The molecule has 0 aromatic carbocycles. The first-order valence-corrected chi connectivity index (χ1v) is 9.22. The Morgan fingerprint density at radius 2 is 2.23 bits per heavy atom. The smallest absolute Gasteiger partial charge is 0.166 e. The van der Waals surface area contributed by atoms with Crippen LogP contribution in [0.2, 0.25) is 0 Å². The Morgan fingerprint density at radius 3 is 3.00 bits per heavy atom. The maximum absolute atomic E-state index is 5.40. The molecule has 22 heavy (non-hydrogen) atoms. The largest absolute Gasteiger partial charge is 0.362 e. The van der Waals surface area contributed by atoms with Crippen molar-refractivity contribution < 1.29 is 0 Å². The molecule has 2 aromatic heterocycles. The normalized spacial score (nSPS) is 15.6. The van der Waals surface area contributed by atoms with Crippen LogP contribution in [0.5, 0.6) is 0 Å². The van der Waals surface area contributed by atoms with E-state index in [2.05, 4.69) is 38.1 Å². The number of imidazole rings is 1. The second-order valence-corrected chi connectivity index (χ2v) is 7.05. The van der Waals surface area contributed by atoms with Crippen molar-refractivity contribution in [2.75, 3.05) is 6.54 Å². The summed E-state index contributed by atoms with van der Waals surface area (Å²) in [5.41, 5.74) is 2.22. The highest BCUT2D eigenvalue weighted by Gasteiger charge is 2.14. The quantitative estimate of drug-likeness (QED) is 0.733. The second kappa shape index (κ2) is 7.74. The van der Waals surface area contributed by atoms with Crippen LogP contribution in [0.25, 0.3) is 10.6 Å². The first kappa shape index (κ1) is 15.5. The van der Waals surface area contributed by atoms with Gasteiger partial charge in [0.1, 0.15) is 5.69 Å². The van der Waals surface area contributed by atoms with Gasteiger partial charge in [-0.1, -0.05) is 25.3 Å². The molecule has 0 radical (unpaired) electrons. The van der Waals surface area contributed by atoms with Crippen LogP contribution < -0.4 is 10.6 Å². The average Bonchev–Trinajstić information content (AvgIpc) is 3.19. The minimum atomic E-state index is 0.558. The molecule has 2 aromatic rings. The first-order chi connectivity index (χ1) is 10.8. The highest BCUT2D eigenvalue weighted by Crippen LogP contribution is 2.25. The van der Waals surface area contributed by atoms with E-state index in [4.69, 9.17) is 12.2 Å². The molecule has 0 atom stereocenters. The van der Waals surface area contributed by atoms with Crippen LogP contribution in [0.15, 0.2) is 23.8 Å². The SMILES string of the molecule is S=C(NCCc1[nH]cnc1-c1cccs1)NC1CCCCC1. The van der Waals surface area contributed by atoms with Gasteiger partial charge in [-0.3, -0.25) is 0 Å². The number of H-pyrrole nitrogens is 1. The Labute approximate surface area is 140 Å². The number of rotatable bonds is 5. The number of nitrogens with zero attached hydrogens (tertiary/aromatic N) is 1. The zero-order chi connectivity index (χ0) is 15.2. The third-order valence-corrected chi connectivity index (χ3v) is 5.21. The lowest BCUT2D eigenvalue weighted by atomic mass is 9.96. The number of thiocarbonyl (C=S) groups is 1. The van der Waals surface area contributed by atoms with Crippen LogP contribution in [0, 0.1) is 0 Å². The summed E-state index contributed by atoms with van der Waals surface area (Å²) < 4.78 is 0. The Morgan fingerprint density at radius 1 is 1.36 bits per heavy atom. The fraction of sp³-hybridized carbons (Fsp3) is 0.500. The third kappa shape index (κ3) is 4.08. The van der Waals surface area contributed by atoms with Gasteiger partial charge >= 0.3 is 0 Å². The average molecular weight is 335 g/mol. The number of aromatic nitrogens is 2. The fourth-order valence-corrected chi connectivity index (χ4v) is 3.94. The summed E-state index contributed by atoms with van der Waals surface area (Å²) in [6.45, 7) is 0.819. The highest BCUT2D eigenvalue weighted by molar-refractivity contribution is 7.80. The van der Waals surface area contributed by atoms with Crippen LogP contribution in [-0.2, 0) is 6.42 Å². The molecule has 0 bridgehead atoms. The minimum Gasteiger partial charge on any atom is -0.362 e. The van der Waals surface area contributed by atoms with Gasteiger partial charge in [0.2, 0.25) is 0 Å². The number of aromatic amines is 1. The number of hydrogen-bond donors (Lipinski definition) is 3. The molecule has 1 aliphatic rings. The lowest BCUT2D eigenvalue weighted by molar-refractivity contribution is 0.412. The summed E-state index contributed by atoms with van der Waals surface area (Å²) in [5.74, 6) is 0. The van der Waals surface area contributed by atoms with Gasteiger partial charge in [0, 0.05) is 24.7 Å². The van der Waals surface area contributed by atoms with Crippen molar-refractivity contribution in [3.8, 4) is 10.6 Å². The molecular formula is C16H22N4S2. The van der Waals surface area contributed by atoms with Crippen molar-refractivity contribution in [1.29, 1.82) is 0 Å². The predicted octanol–water partition coefficient (Wildman–Crippen LogP) is 3.48. The maximum atomic E-state index is 5.40. The van der Waals surface area contributed by atoms with E-state index in [1.165, 1.54) is 37.0 Å². The van der Waals surface area contributed by atoms with Gasteiger partial charge in [0.05, 0.1) is 11.2 Å². The topological polar surface area (TPSA) is 52.7 Å². The van der Waals surface area contributed by atoms with E-state index in [0.717, 1.165) is 29.5 Å². The van der Waals surface area contributed by atoms with E-state index in [9.17, 15) is 0 Å². The van der Waals surface area contributed by atoms with Crippen LogP contribution in [0.1, 0.15) is 37.8 Å². The summed E-state index contributed by atoms with van der Waals surface area (Å²) >= 11 is 7.11. The van der Waals surface area contributed by atoms with Crippen LogP contribution in [-0.4, -0.2) is 27.7 Å². The number of nitrogens with one attached hydrogen (secondary N) is 3. The zero-order valence-corrected chi connectivity index (χ0v) is 14.2. The highest BCUT2D eigenvalue weighted by atomic mass is 32.1. The van der Waals surface area contributed by atoms with Crippen LogP contribution >= 0.6 is 23.6 Å². The lowest BCUT2D eigenvalue weighted by Crippen LogP contribution is -2.43. The monoisotopic (exact) mass is 334 g/mol. The Bertz CT molecular complexity index is 585. The maximum Gasteiger partial charge on any atom is 0.166 e. The van der Waals surface area contributed by atoms with Gasteiger partial charge in [0.25, 0.3) is 0 Å². The molecule has 6 heteroatoms. The van der Waals surface area contributed by atoms with Crippen LogP contribution in [0.4, 0.5) is 0 Å². The summed E-state index contributed by atoms with van der Waals surface area (Å²) in [6, 6.07) is 4.72. The van der Waals surface area contributed by atoms with E-state index in [1.54, 1.807) is 17.7 Å². The molecule has 0 saturated heterocycles. The van der Waals surface area contributed by atoms with Gasteiger partial charge < -0.3 is 15.6 Å². The van der Waals surface area contributed by atoms with E-state index in [1.807, 2.05) is 0 Å². The van der Waals surface area contributed by atoms with Gasteiger partial charge in [-0.05, 0) is 36.5 Å². The van der Waals surface area contributed by atoms with E-state index in [0.29, 0.717) is 6.04 Å². The summed E-state index contributed by atoms with van der Waals surface area (Å²) in [6.07, 6.45) is 9.14. The zero-order valence-electron chi connectivity index (χ0n) is 12.6. The molecule has 0 amide bonds. The molecule has 3 N–H and O–H groups in total. The Kier molecular flexibility index (Phi) is 5.45. The summed E-state index contributed by atoms with van der Waals surface area (Å²) in [5, 5.41) is 9.61. The Balaban J connectivity index is 1.45. The lowest BCUT2D eigenvalue weighted by Gasteiger charge is -2.24. The summed E-state index contributed by atoms with van der Waals surface area (Å²) in [4.78, 5) is 8.88. The Hall–Kier alpha value is -1.40. The van der Waals surface area contributed by atoms with Crippen molar-refractivity contribution in [3.05, 3.63) is 29.5 Å². The first-order valence-electron chi connectivity index (χ1n) is 7.93.